The van der Waals surface area contributed by atoms with Crippen molar-refractivity contribution >= 4 is 19.1 Å². The van der Waals surface area contributed by atoms with E-state index in [2.05, 4.69) is 47.6 Å². The molecule has 4 atom stereocenters. The van der Waals surface area contributed by atoms with E-state index in [1.807, 2.05) is 36.9 Å². The molecule has 160 valence electrons. The summed E-state index contributed by atoms with van der Waals surface area (Å²) >= 11 is 0. The van der Waals surface area contributed by atoms with Crippen LogP contribution in [0.25, 0.3) is 0 Å². The minimum Gasteiger partial charge on any atom is -0.339 e. The summed E-state index contributed by atoms with van der Waals surface area (Å²) in [6.07, 6.45) is 1.33. The maximum absolute atomic E-state index is 13.6. The Hall–Kier alpha value is -1.00. The molecule has 4 fully saturated rings. The fraction of sp³-hybridized carbons (Fsp3) is 0.696. The Kier molecular flexibility index (Phi) is 4.76. The van der Waals surface area contributed by atoms with E-state index in [0.29, 0.717) is 12.8 Å². The Labute approximate surface area is 175 Å². The van der Waals surface area contributed by atoms with Crippen LogP contribution in [0.15, 0.2) is 24.3 Å². The van der Waals surface area contributed by atoms with Crippen LogP contribution in [0.2, 0.25) is 0 Å². The fourth-order valence-corrected chi connectivity index (χ4v) is 10.3. The molecule has 0 aromatic heterocycles. The molecule has 4 saturated heterocycles. The Morgan fingerprint density at radius 3 is 1.86 bits per heavy atom. The topological polar surface area (TPSA) is 48.0 Å². The Morgan fingerprint density at radius 1 is 0.897 bits per heavy atom. The molecule has 5 rings (SSSR count). The Balaban J connectivity index is 1.82. The zero-order chi connectivity index (χ0) is 21.4. The van der Waals surface area contributed by atoms with Gasteiger partial charge < -0.3 is 19.1 Å². The van der Waals surface area contributed by atoms with Gasteiger partial charge in [-0.3, -0.25) is 4.79 Å². The second-order valence-corrected chi connectivity index (χ2v) is 13.1. The third-order valence-electron chi connectivity index (χ3n) is 6.27. The van der Waals surface area contributed by atoms with E-state index in [9.17, 15) is 4.79 Å². The summed E-state index contributed by atoms with van der Waals surface area (Å²) in [6.45, 7) is 16.7. The highest BCUT2D eigenvalue weighted by molar-refractivity contribution is 7.68. The van der Waals surface area contributed by atoms with Gasteiger partial charge >= 0.3 is 0 Å². The van der Waals surface area contributed by atoms with Crippen LogP contribution in [0.5, 0.6) is 0 Å². The lowest BCUT2D eigenvalue weighted by atomic mass is 9.98. The van der Waals surface area contributed by atoms with Crippen LogP contribution in [0, 0.1) is 0 Å². The average Bonchev–Trinajstić information content (AvgIpc) is 2.49. The van der Waals surface area contributed by atoms with Crippen molar-refractivity contribution < 1.29 is 19.0 Å². The average molecular weight is 420 g/mol. The van der Waals surface area contributed by atoms with Crippen molar-refractivity contribution in [2.24, 2.45) is 0 Å². The smallest absolute Gasteiger partial charge is 0.254 e. The van der Waals surface area contributed by atoms with Crippen LogP contribution in [-0.4, -0.2) is 45.1 Å². The van der Waals surface area contributed by atoms with Gasteiger partial charge in [0, 0.05) is 30.5 Å². The second-order valence-electron chi connectivity index (χ2n) is 10.0. The number of benzene rings is 1. The molecule has 4 aliphatic rings. The number of amides is 1. The molecule has 1 amide bonds. The van der Waals surface area contributed by atoms with E-state index in [0.717, 1.165) is 10.9 Å². The first-order valence-electron chi connectivity index (χ1n) is 10.6. The summed E-state index contributed by atoms with van der Waals surface area (Å²) < 4.78 is 19.4. The number of rotatable bonds is 4. The van der Waals surface area contributed by atoms with Gasteiger partial charge in [-0.2, -0.15) is 0 Å². The molecule has 1 aromatic carbocycles. The van der Waals surface area contributed by atoms with Gasteiger partial charge in [-0.25, -0.2) is 0 Å². The summed E-state index contributed by atoms with van der Waals surface area (Å²) in [6, 6.07) is 8.32. The summed E-state index contributed by atoms with van der Waals surface area (Å²) in [5.74, 6) is -1.20. The summed E-state index contributed by atoms with van der Waals surface area (Å²) in [7, 11) is -0.917. The van der Waals surface area contributed by atoms with Crippen molar-refractivity contribution in [1.29, 1.82) is 0 Å². The first-order valence-corrected chi connectivity index (χ1v) is 12.0. The molecule has 0 radical (unpaired) electrons. The summed E-state index contributed by atoms with van der Waals surface area (Å²) in [5.41, 5.74) is 0.777. The predicted octanol–water partition coefficient (Wildman–Crippen LogP) is 4.79. The normalized spacial score (nSPS) is 40.7. The zero-order valence-electron chi connectivity index (χ0n) is 18.9. The number of ether oxygens (including phenoxy) is 3. The van der Waals surface area contributed by atoms with Gasteiger partial charge in [0.15, 0.2) is 11.6 Å². The highest BCUT2D eigenvalue weighted by Crippen LogP contribution is 2.75. The van der Waals surface area contributed by atoms with Gasteiger partial charge in [0.1, 0.15) is 0 Å². The Morgan fingerprint density at radius 2 is 1.38 bits per heavy atom. The molecule has 0 aliphatic carbocycles. The highest BCUT2D eigenvalue weighted by atomic mass is 31.1. The summed E-state index contributed by atoms with van der Waals surface area (Å²) in [4.78, 5) is 15.6. The molecule has 0 N–H and O–H groups in total. The summed E-state index contributed by atoms with van der Waals surface area (Å²) in [5, 5.41) is 0.271. The van der Waals surface area contributed by atoms with Gasteiger partial charge in [0.25, 0.3) is 5.91 Å². The number of carbonyl (C=O) groups is 1. The molecule has 4 bridgehead atoms. The minimum absolute atomic E-state index is 0.0859. The van der Waals surface area contributed by atoms with Crippen molar-refractivity contribution in [1.82, 2.24) is 4.90 Å². The highest BCUT2D eigenvalue weighted by Gasteiger charge is 2.71. The molecule has 0 spiro atoms. The molecule has 0 saturated carbocycles. The van der Waals surface area contributed by atoms with Crippen LogP contribution >= 0.6 is 7.92 Å². The standard InChI is InChI=1S/C23H34NO4P/c1-15(2)24(16(3)4)19(25)17-11-9-10-12-18(17)29-22(7)13-20(5)26-21(6,28-22)14-23(29,8)27-20/h9-12,15-16H,13-14H2,1-8H3/t20-,21-,22+,23+/m0/s1. The van der Waals surface area contributed by atoms with Crippen LogP contribution in [0.4, 0.5) is 0 Å². The van der Waals surface area contributed by atoms with Crippen molar-refractivity contribution in [3.63, 3.8) is 0 Å². The second kappa shape index (κ2) is 6.50. The predicted molar refractivity (Wildman–Crippen MR) is 116 cm³/mol. The quantitative estimate of drug-likeness (QED) is 0.659. The molecule has 0 unspecified atom stereocenters. The van der Waals surface area contributed by atoms with Gasteiger partial charge in [-0.05, 0) is 74.7 Å². The van der Waals surface area contributed by atoms with E-state index in [1.165, 1.54) is 0 Å². The lowest BCUT2D eigenvalue weighted by Crippen LogP contribution is -2.72. The molecule has 5 nitrogen and oxygen atoms in total. The van der Waals surface area contributed by atoms with Crippen LogP contribution in [-0.2, 0) is 14.2 Å². The largest absolute Gasteiger partial charge is 0.339 e. The van der Waals surface area contributed by atoms with Crippen molar-refractivity contribution in [2.45, 2.75) is 103 Å². The van der Waals surface area contributed by atoms with Gasteiger partial charge in [0.05, 0.1) is 10.7 Å². The van der Waals surface area contributed by atoms with Crippen molar-refractivity contribution in [3.05, 3.63) is 29.8 Å². The molecule has 1 aromatic rings. The molecule has 6 heteroatoms. The Bertz CT molecular complexity index is 786. The number of hydrogen-bond donors (Lipinski definition) is 0. The lowest BCUT2D eigenvalue weighted by molar-refractivity contribution is -0.467. The maximum atomic E-state index is 13.6. The monoisotopic (exact) mass is 419 g/mol. The number of hydrogen-bond acceptors (Lipinski definition) is 4. The zero-order valence-corrected chi connectivity index (χ0v) is 19.8. The number of nitrogens with zero attached hydrogens (tertiary/aromatic N) is 1. The minimum atomic E-state index is -0.917. The number of carbonyl (C=O) groups excluding carboxylic acids is 1. The first kappa shape index (κ1) is 21.2. The van der Waals surface area contributed by atoms with E-state index < -0.39 is 30.2 Å². The van der Waals surface area contributed by atoms with E-state index in [-0.39, 0.29) is 18.0 Å². The first-order chi connectivity index (χ1) is 13.3. The third kappa shape index (κ3) is 3.26. The molecule has 29 heavy (non-hydrogen) atoms. The molecule has 4 heterocycles. The van der Waals surface area contributed by atoms with E-state index >= 15 is 0 Å². The molecular weight excluding hydrogens is 385 g/mol. The van der Waals surface area contributed by atoms with Gasteiger partial charge in [-0.1, -0.05) is 18.2 Å². The van der Waals surface area contributed by atoms with Gasteiger partial charge in [0.2, 0.25) is 0 Å². The van der Waals surface area contributed by atoms with Gasteiger partial charge in [-0.15, -0.1) is 0 Å². The third-order valence-corrected chi connectivity index (χ3v) is 9.53. The SMILES string of the molecule is CC(C)N(C(=O)c1ccccc1P1[C@]2(C)C[C@@]3(C)O[C@](C)(C[C@]1(C)O3)O2)C(C)C. The van der Waals surface area contributed by atoms with Crippen molar-refractivity contribution in [3.8, 4) is 0 Å². The van der Waals surface area contributed by atoms with Crippen LogP contribution in [0.1, 0.15) is 78.6 Å². The van der Waals surface area contributed by atoms with Crippen LogP contribution < -0.4 is 5.30 Å². The maximum Gasteiger partial charge on any atom is 0.254 e. The van der Waals surface area contributed by atoms with Crippen LogP contribution in [0.3, 0.4) is 0 Å². The molecular formula is C23H34NO4P. The van der Waals surface area contributed by atoms with E-state index in [1.54, 1.807) is 0 Å². The lowest BCUT2D eigenvalue weighted by Gasteiger charge is -2.69. The molecule has 4 aliphatic heterocycles. The van der Waals surface area contributed by atoms with E-state index in [4.69, 9.17) is 14.2 Å². The van der Waals surface area contributed by atoms with Crippen molar-refractivity contribution in [2.75, 3.05) is 0 Å². The fourth-order valence-electron chi connectivity index (χ4n) is 6.15.